The van der Waals surface area contributed by atoms with Gasteiger partial charge >= 0.3 is 6.09 Å². The third-order valence-electron chi connectivity index (χ3n) is 5.66. The minimum absolute atomic E-state index is 0.144. The van der Waals surface area contributed by atoms with E-state index in [4.69, 9.17) is 16.2 Å². The van der Waals surface area contributed by atoms with Crippen molar-refractivity contribution in [3.05, 3.63) is 67.6 Å². The summed E-state index contributed by atoms with van der Waals surface area (Å²) in [4.78, 5) is 13.9. The van der Waals surface area contributed by atoms with E-state index in [-0.39, 0.29) is 18.2 Å². The van der Waals surface area contributed by atoms with Crippen LogP contribution >= 0.6 is 31.9 Å². The molecule has 0 aliphatic carbocycles. The summed E-state index contributed by atoms with van der Waals surface area (Å²) >= 11 is 6.95. The standard InChI is InChI=1S/C15H21BrN2O2.C10H13BrN2/c1-15(2,3)20-14(19)18-7-6-10-8-11(16)4-5-12(10)13(17)9-18;11-8-1-2-9-7(5-8)3-4-13-6-10(9)12/h4-5,8,13H,6-7,9,17H2,1-3H3;1-2,5,10,13H,3-4,6,12H2. The number of hydrogen-bond donors (Lipinski definition) is 3. The van der Waals surface area contributed by atoms with Crippen molar-refractivity contribution in [1.29, 1.82) is 0 Å². The van der Waals surface area contributed by atoms with E-state index in [9.17, 15) is 4.79 Å². The molecule has 2 aliphatic heterocycles. The molecule has 33 heavy (non-hydrogen) atoms. The number of nitrogens with two attached hydrogens (primary N) is 2. The summed E-state index contributed by atoms with van der Waals surface area (Å²) in [6.45, 7) is 8.64. The molecule has 2 atom stereocenters. The van der Waals surface area contributed by atoms with Gasteiger partial charge in [0.1, 0.15) is 5.60 Å². The number of carbonyl (C=O) groups is 1. The van der Waals surface area contributed by atoms with Gasteiger partial charge in [0.15, 0.2) is 0 Å². The highest BCUT2D eigenvalue weighted by atomic mass is 79.9. The monoisotopic (exact) mass is 580 g/mol. The molecule has 8 heteroatoms. The van der Waals surface area contributed by atoms with E-state index in [2.05, 4.69) is 61.4 Å². The van der Waals surface area contributed by atoms with Gasteiger partial charge in [0.25, 0.3) is 0 Å². The fourth-order valence-electron chi connectivity index (χ4n) is 4.07. The van der Waals surface area contributed by atoms with Gasteiger partial charge < -0.3 is 26.4 Å². The quantitative estimate of drug-likeness (QED) is 0.414. The van der Waals surface area contributed by atoms with Crippen LogP contribution in [0.4, 0.5) is 4.79 Å². The van der Waals surface area contributed by atoms with Gasteiger partial charge in [-0.15, -0.1) is 0 Å². The average Bonchev–Trinajstić information content (AvgIpc) is 3.00. The smallest absolute Gasteiger partial charge is 0.410 e. The Hall–Kier alpha value is -1.45. The van der Waals surface area contributed by atoms with Crippen LogP contribution in [-0.2, 0) is 17.6 Å². The van der Waals surface area contributed by atoms with E-state index in [1.165, 1.54) is 16.7 Å². The number of hydrogen-bond acceptors (Lipinski definition) is 5. The molecule has 2 heterocycles. The predicted molar refractivity (Wildman–Crippen MR) is 140 cm³/mol. The number of nitrogens with zero attached hydrogens (tertiary/aromatic N) is 1. The maximum Gasteiger partial charge on any atom is 0.410 e. The number of halogens is 2. The molecule has 6 nitrogen and oxygen atoms in total. The fourth-order valence-corrected chi connectivity index (χ4v) is 4.89. The zero-order chi connectivity index (χ0) is 24.2. The first-order chi connectivity index (χ1) is 15.5. The summed E-state index contributed by atoms with van der Waals surface area (Å²) in [5, 5.41) is 3.32. The molecule has 5 N–H and O–H groups in total. The number of carbonyl (C=O) groups excluding carboxylic acids is 1. The van der Waals surface area contributed by atoms with E-state index in [0.717, 1.165) is 40.4 Å². The minimum atomic E-state index is -0.483. The Morgan fingerprint density at radius 1 is 1.00 bits per heavy atom. The minimum Gasteiger partial charge on any atom is -0.444 e. The van der Waals surface area contributed by atoms with Gasteiger partial charge in [0, 0.05) is 40.7 Å². The number of ether oxygens (including phenoxy) is 1. The SMILES string of the molecule is CC(C)(C)OC(=O)N1CCc2cc(Br)ccc2C(N)C1.NC1CNCCc2cc(Br)ccc21. The Morgan fingerprint density at radius 2 is 1.58 bits per heavy atom. The summed E-state index contributed by atoms with van der Waals surface area (Å²) in [7, 11) is 0. The van der Waals surface area contributed by atoms with Crippen LogP contribution in [0.3, 0.4) is 0 Å². The first kappa shape index (κ1) is 26.2. The van der Waals surface area contributed by atoms with Crippen molar-refractivity contribution in [1.82, 2.24) is 10.2 Å². The molecule has 2 unspecified atom stereocenters. The van der Waals surface area contributed by atoms with Crippen molar-refractivity contribution in [2.45, 2.75) is 51.3 Å². The van der Waals surface area contributed by atoms with Crippen LogP contribution in [0.2, 0.25) is 0 Å². The van der Waals surface area contributed by atoms with Crippen LogP contribution in [0.5, 0.6) is 0 Å². The Balaban J connectivity index is 0.000000203. The number of nitrogens with one attached hydrogen (secondary N) is 1. The van der Waals surface area contributed by atoms with Crippen molar-refractivity contribution < 1.29 is 9.53 Å². The molecule has 0 saturated heterocycles. The maximum absolute atomic E-state index is 12.2. The van der Waals surface area contributed by atoms with E-state index in [0.29, 0.717) is 13.1 Å². The molecule has 0 saturated carbocycles. The Labute approximate surface area is 213 Å². The van der Waals surface area contributed by atoms with E-state index < -0.39 is 5.60 Å². The Bertz CT molecular complexity index is 977. The van der Waals surface area contributed by atoms with Crippen LogP contribution in [0.25, 0.3) is 0 Å². The molecule has 180 valence electrons. The maximum atomic E-state index is 12.2. The molecule has 4 rings (SSSR count). The summed E-state index contributed by atoms with van der Waals surface area (Å²) in [5.74, 6) is 0. The molecule has 1 amide bonds. The highest BCUT2D eigenvalue weighted by Gasteiger charge is 2.27. The lowest BCUT2D eigenvalue weighted by Gasteiger charge is -2.27. The lowest BCUT2D eigenvalue weighted by Crippen LogP contribution is -2.40. The third-order valence-corrected chi connectivity index (χ3v) is 6.65. The zero-order valence-corrected chi connectivity index (χ0v) is 22.7. The number of benzene rings is 2. The van der Waals surface area contributed by atoms with Gasteiger partial charge in [0.05, 0.1) is 0 Å². The van der Waals surface area contributed by atoms with Crippen molar-refractivity contribution >= 4 is 38.0 Å². The fraction of sp³-hybridized carbons (Fsp3) is 0.480. The van der Waals surface area contributed by atoms with Crippen molar-refractivity contribution in [3.8, 4) is 0 Å². The van der Waals surface area contributed by atoms with Gasteiger partial charge in [-0.3, -0.25) is 0 Å². The molecule has 0 radical (unpaired) electrons. The molecule has 2 aromatic carbocycles. The Kier molecular flexibility index (Phi) is 8.97. The molecule has 0 spiro atoms. The van der Waals surface area contributed by atoms with E-state index in [1.54, 1.807) is 4.90 Å². The first-order valence-corrected chi connectivity index (χ1v) is 12.9. The van der Waals surface area contributed by atoms with Crippen molar-refractivity contribution in [3.63, 3.8) is 0 Å². The first-order valence-electron chi connectivity index (χ1n) is 11.3. The van der Waals surface area contributed by atoms with Crippen LogP contribution in [0, 0.1) is 0 Å². The van der Waals surface area contributed by atoms with Crippen LogP contribution in [0.15, 0.2) is 45.3 Å². The summed E-state index contributed by atoms with van der Waals surface area (Å²) in [5.41, 5.74) is 16.7. The number of rotatable bonds is 0. The lowest BCUT2D eigenvalue weighted by molar-refractivity contribution is 0.0246. The van der Waals surface area contributed by atoms with E-state index in [1.807, 2.05) is 32.9 Å². The number of fused-ring (bicyclic) bond motifs is 2. The van der Waals surface area contributed by atoms with Crippen molar-refractivity contribution in [2.75, 3.05) is 26.2 Å². The third kappa shape index (κ3) is 7.52. The average molecular weight is 582 g/mol. The summed E-state index contributed by atoms with van der Waals surface area (Å²) in [6.07, 6.45) is 1.57. The molecule has 2 aromatic rings. The molecular weight excluding hydrogens is 548 g/mol. The molecule has 0 fully saturated rings. The highest BCUT2D eigenvalue weighted by Crippen LogP contribution is 2.26. The highest BCUT2D eigenvalue weighted by molar-refractivity contribution is 9.10. The van der Waals surface area contributed by atoms with Crippen LogP contribution < -0.4 is 16.8 Å². The lowest BCUT2D eigenvalue weighted by atomic mass is 10.0. The molecular formula is C25H34Br2N4O2. The second kappa shape index (κ2) is 11.3. The largest absolute Gasteiger partial charge is 0.444 e. The topological polar surface area (TPSA) is 93.6 Å². The van der Waals surface area contributed by atoms with Crippen LogP contribution in [-0.4, -0.2) is 42.8 Å². The zero-order valence-electron chi connectivity index (χ0n) is 19.5. The second-order valence-electron chi connectivity index (χ2n) is 9.53. The van der Waals surface area contributed by atoms with Gasteiger partial charge in [-0.1, -0.05) is 44.0 Å². The number of amides is 1. The van der Waals surface area contributed by atoms with Gasteiger partial charge in [-0.05, 0) is 86.7 Å². The molecule has 2 aliphatic rings. The Morgan fingerprint density at radius 3 is 2.18 bits per heavy atom. The molecule has 0 aromatic heterocycles. The van der Waals surface area contributed by atoms with Gasteiger partial charge in [0.2, 0.25) is 0 Å². The van der Waals surface area contributed by atoms with E-state index >= 15 is 0 Å². The van der Waals surface area contributed by atoms with Crippen LogP contribution in [0.1, 0.15) is 55.1 Å². The van der Waals surface area contributed by atoms with Crippen molar-refractivity contribution in [2.24, 2.45) is 11.5 Å². The predicted octanol–water partition coefficient (Wildman–Crippen LogP) is 4.84. The summed E-state index contributed by atoms with van der Waals surface area (Å²) in [6, 6.07) is 12.4. The van der Waals surface area contributed by atoms with Gasteiger partial charge in [-0.2, -0.15) is 0 Å². The second-order valence-corrected chi connectivity index (χ2v) is 11.4. The summed E-state index contributed by atoms with van der Waals surface area (Å²) < 4.78 is 7.60. The molecule has 0 bridgehead atoms. The normalized spacial score (nSPS) is 20.4. The van der Waals surface area contributed by atoms with Gasteiger partial charge in [-0.25, -0.2) is 4.79 Å².